The van der Waals surface area contributed by atoms with Crippen molar-refractivity contribution in [3.8, 4) is 6.07 Å². The van der Waals surface area contributed by atoms with E-state index in [1.165, 1.54) is 24.8 Å². The number of hydrogen-bond acceptors (Lipinski definition) is 3. The fourth-order valence-corrected chi connectivity index (χ4v) is 3.88. The van der Waals surface area contributed by atoms with Crippen molar-refractivity contribution >= 4 is 0 Å². The zero-order valence-electron chi connectivity index (χ0n) is 11.8. The van der Waals surface area contributed by atoms with Gasteiger partial charge in [-0.15, -0.1) is 0 Å². The Kier molecular flexibility index (Phi) is 3.78. The van der Waals surface area contributed by atoms with Crippen LogP contribution in [0.5, 0.6) is 0 Å². The monoisotopic (exact) mass is 270 g/mol. The number of unbranched alkanes of at least 4 members (excludes halogenated alkanes) is 1. The molecule has 106 valence electrons. The molecule has 2 aliphatic rings. The van der Waals surface area contributed by atoms with Crippen LogP contribution in [0.15, 0.2) is 24.3 Å². The number of nitriles is 1. The third kappa shape index (κ3) is 2.34. The van der Waals surface area contributed by atoms with Crippen LogP contribution in [0.2, 0.25) is 0 Å². The van der Waals surface area contributed by atoms with Gasteiger partial charge in [-0.25, -0.2) is 0 Å². The molecule has 0 radical (unpaired) electrons. The standard InChI is InChI=1S/C17H22N2O/c18-12-13-3-5-14(6-4-13)17-8-7-16(15(17)11-17)19-9-1-2-10-20/h3-6,15-16,19-20H,1-2,7-11H2. The molecule has 3 heteroatoms. The van der Waals surface area contributed by atoms with Gasteiger partial charge in [-0.05, 0) is 62.3 Å². The van der Waals surface area contributed by atoms with Gasteiger partial charge in [0.05, 0.1) is 11.6 Å². The van der Waals surface area contributed by atoms with Crippen LogP contribution >= 0.6 is 0 Å². The second-order valence-electron chi connectivity index (χ2n) is 6.19. The summed E-state index contributed by atoms with van der Waals surface area (Å²) in [6, 6.07) is 11.0. The van der Waals surface area contributed by atoms with Crippen LogP contribution in [0.1, 0.15) is 43.2 Å². The first kappa shape index (κ1) is 13.6. The lowest BCUT2D eigenvalue weighted by atomic mass is 9.93. The zero-order chi connectivity index (χ0) is 14.0. The Labute approximate surface area is 120 Å². The van der Waals surface area contributed by atoms with Gasteiger partial charge in [-0.3, -0.25) is 0 Å². The largest absolute Gasteiger partial charge is 0.396 e. The SMILES string of the molecule is N#Cc1ccc(C23CCC(NCCCCO)C2C3)cc1. The van der Waals surface area contributed by atoms with Crippen LogP contribution in [-0.2, 0) is 5.41 Å². The summed E-state index contributed by atoms with van der Waals surface area (Å²) < 4.78 is 0. The van der Waals surface area contributed by atoms with Crippen molar-refractivity contribution in [2.45, 2.75) is 43.6 Å². The molecular formula is C17H22N2O. The van der Waals surface area contributed by atoms with Gasteiger partial charge in [0.15, 0.2) is 0 Å². The minimum absolute atomic E-state index is 0.297. The maximum atomic E-state index is 8.87. The highest BCUT2D eigenvalue weighted by molar-refractivity contribution is 5.41. The number of aliphatic hydroxyl groups is 1. The number of benzene rings is 1. The fraction of sp³-hybridized carbons (Fsp3) is 0.588. The third-order valence-electron chi connectivity index (χ3n) is 5.10. The van der Waals surface area contributed by atoms with Gasteiger partial charge in [0.25, 0.3) is 0 Å². The minimum Gasteiger partial charge on any atom is -0.396 e. The van der Waals surface area contributed by atoms with Crippen molar-refractivity contribution in [1.82, 2.24) is 5.32 Å². The molecule has 0 bridgehead atoms. The molecule has 2 N–H and O–H groups in total. The summed E-state index contributed by atoms with van der Waals surface area (Å²) in [7, 11) is 0. The predicted molar refractivity (Wildman–Crippen MR) is 78.3 cm³/mol. The molecule has 1 aromatic rings. The highest BCUT2D eigenvalue weighted by Crippen LogP contribution is 2.64. The Balaban J connectivity index is 1.59. The molecule has 3 nitrogen and oxygen atoms in total. The smallest absolute Gasteiger partial charge is 0.0991 e. The van der Waals surface area contributed by atoms with Gasteiger partial charge in [-0.2, -0.15) is 5.26 Å². The summed E-state index contributed by atoms with van der Waals surface area (Å²) >= 11 is 0. The third-order valence-corrected chi connectivity index (χ3v) is 5.10. The minimum atomic E-state index is 0.297. The molecule has 3 unspecified atom stereocenters. The summed E-state index contributed by atoms with van der Waals surface area (Å²) in [6.45, 7) is 1.32. The Hall–Kier alpha value is -1.37. The maximum absolute atomic E-state index is 8.87. The molecule has 3 atom stereocenters. The van der Waals surface area contributed by atoms with Gasteiger partial charge in [0, 0.05) is 18.1 Å². The number of aliphatic hydroxyl groups excluding tert-OH is 1. The van der Waals surface area contributed by atoms with Crippen LogP contribution in [0.3, 0.4) is 0 Å². The maximum Gasteiger partial charge on any atom is 0.0991 e. The lowest BCUT2D eigenvalue weighted by Crippen LogP contribution is -2.30. The molecule has 0 aromatic heterocycles. The van der Waals surface area contributed by atoms with Gasteiger partial charge in [0.2, 0.25) is 0 Å². The highest BCUT2D eigenvalue weighted by Gasteiger charge is 2.61. The molecule has 0 amide bonds. The number of rotatable bonds is 6. The number of fused-ring (bicyclic) bond motifs is 1. The van der Waals surface area contributed by atoms with E-state index >= 15 is 0 Å². The zero-order valence-corrected chi connectivity index (χ0v) is 11.8. The summed E-state index contributed by atoms with van der Waals surface area (Å²) in [6.07, 6.45) is 5.76. The Morgan fingerprint density at radius 2 is 2.10 bits per heavy atom. The van der Waals surface area contributed by atoms with E-state index in [0.29, 0.717) is 18.1 Å². The van der Waals surface area contributed by atoms with Crippen LogP contribution in [0, 0.1) is 17.2 Å². The lowest BCUT2D eigenvalue weighted by molar-refractivity contribution is 0.282. The molecule has 0 saturated heterocycles. The molecule has 0 heterocycles. The van der Waals surface area contributed by atoms with Gasteiger partial charge in [0.1, 0.15) is 0 Å². The molecule has 20 heavy (non-hydrogen) atoms. The highest BCUT2D eigenvalue weighted by atomic mass is 16.2. The summed E-state index contributed by atoms with van der Waals surface area (Å²) in [5.74, 6) is 0.768. The van der Waals surface area contributed by atoms with E-state index < -0.39 is 0 Å². The van der Waals surface area contributed by atoms with E-state index in [0.717, 1.165) is 30.9 Å². The number of nitrogens with one attached hydrogen (secondary N) is 1. The second-order valence-corrected chi connectivity index (χ2v) is 6.19. The summed E-state index contributed by atoms with van der Waals surface area (Å²) in [4.78, 5) is 0. The molecule has 2 fully saturated rings. The van der Waals surface area contributed by atoms with Crippen LogP contribution in [0.4, 0.5) is 0 Å². The average molecular weight is 270 g/mol. The second kappa shape index (κ2) is 5.55. The normalized spacial score (nSPS) is 30.8. The van der Waals surface area contributed by atoms with Crippen molar-refractivity contribution in [3.63, 3.8) is 0 Å². The fourth-order valence-electron chi connectivity index (χ4n) is 3.88. The molecule has 1 aromatic carbocycles. The van der Waals surface area contributed by atoms with Crippen molar-refractivity contribution in [1.29, 1.82) is 5.26 Å². The topological polar surface area (TPSA) is 56.0 Å². The Bertz CT molecular complexity index is 505. The summed E-state index contributed by atoms with van der Waals surface area (Å²) in [5.41, 5.74) is 2.56. The molecular weight excluding hydrogens is 248 g/mol. The van der Waals surface area contributed by atoms with Crippen LogP contribution in [0.25, 0.3) is 0 Å². The van der Waals surface area contributed by atoms with Crippen LogP contribution in [-0.4, -0.2) is 24.3 Å². The first-order valence-corrected chi connectivity index (χ1v) is 7.65. The van der Waals surface area contributed by atoms with E-state index in [9.17, 15) is 0 Å². The quantitative estimate of drug-likeness (QED) is 0.780. The predicted octanol–water partition coefficient (Wildman–Crippen LogP) is 2.34. The van der Waals surface area contributed by atoms with E-state index in [-0.39, 0.29) is 0 Å². The Morgan fingerprint density at radius 3 is 2.75 bits per heavy atom. The first-order valence-electron chi connectivity index (χ1n) is 7.65. The molecule has 3 rings (SSSR count). The van der Waals surface area contributed by atoms with Gasteiger partial charge < -0.3 is 10.4 Å². The van der Waals surface area contributed by atoms with Crippen molar-refractivity contribution in [2.75, 3.05) is 13.2 Å². The van der Waals surface area contributed by atoms with Crippen molar-refractivity contribution < 1.29 is 5.11 Å². The van der Waals surface area contributed by atoms with E-state index in [4.69, 9.17) is 10.4 Å². The van der Waals surface area contributed by atoms with Gasteiger partial charge in [-0.1, -0.05) is 12.1 Å². The van der Waals surface area contributed by atoms with Crippen molar-refractivity contribution in [3.05, 3.63) is 35.4 Å². The molecule has 2 saturated carbocycles. The molecule has 2 aliphatic carbocycles. The average Bonchev–Trinajstić information content (AvgIpc) is 3.13. The molecule has 0 aliphatic heterocycles. The lowest BCUT2D eigenvalue weighted by Gasteiger charge is -2.13. The van der Waals surface area contributed by atoms with Gasteiger partial charge >= 0.3 is 0 Å². The van der Waals surface area contributed by atoms with E-state index in [1.807, 2.05) is 12.1 Å². The van der Waals surface area contributed by atoms with E-state index in [2.05, 4.69) is 23.5 Å². The number of nitrogens with zero attached hydrogens (tertiary/aromatic N) is 1. The molecule has 0 spiro atoms. The summed E-state index contributed by atoms with van der Waals surface area (Å²) in [5, 5.41) is 21.3. The Morgan fingerprint density at radius 1 is 1.30 bits per heavy atom. The van der Waals surface area contributed by atoms with Crippen molar-refractivity contribution in [2.24, 2.45) is 5.92 Å². The first-order chi connectivity index (χ1) is 9.80. The number of hydrogen-bond donors (Lipinski definition) is 2. The van der Waals surface area contributed by atoms with E-state index in [1.54, 1.807) is 0 Å². The van der Waals surface area contributed by atoms with Crippen LogP contribution < -0.4 is 5.32 Å².